The van der Waals surface area contributed by atoms with E-state index in [-0.39, 0.29) is 0 Å². The largest absolute Gasteiger partial charge is 0.508 e. The van der Waals surface area contributed by atoms with Crippen LogP contribution in [0.3, 0.4) is 0 Å². The van der Waals surface area contributed by atoms with Crippen LogP contribution in [-0.2, 0) is 19.4 Å². The number of hydrogen-bond donors (Lipinski definition) is 1. The Morgan fingerprint density at radius 1 is 0.972 bits per heavy atom. The average Bonchev–Trinajstić information content (AvgIpc) is 2.89. The maximum absolute atomic E-state index is 9.88. The summed E-state index contributed by atoms with van der Waals surface area (Å²) in [5.41, 5.74) is 6.52. The van der Waals surface area contributed by atoms with Crippen LogP contribution in [0.2, 0.25) is 0 Å². The first-order valence-electron chi connectivity index (χ1n) is 13.3. The molecule has 1 heterocycles. The number of phenols is 1. The number of aromatic hydroxyl groups is 1. The molecule has 1 N–H and O–H groups in total. The van der Waals surface area contributed by atoms with Crippen LogP contribution in [0.5, 0.6) is 17.2 Å². The first-order chi connectivity index (χ1) is 17.6. The lowest BCUT2D eigenvalue weighted by Gasteiger charge is -2.32. The molecule has 0 aromatic heterocycles. The molecule has 5 heteroatoms. The van der Waals surface area contributed by atoms with Gasteiger partial charge in [-0.3, -0.25) is 4.90 Å². The minimum atomic E-state index is 0.363. The molecule has 1 saturated heterocycles. The Hall–Kier alpha value is -3.18. The van der Waals surface area contributed by atoms with Crippen molar-refractivity contribution >= 4 is 5.69 Å². The number of ether oxygens (including phenoxy) is 2. The van der Waals surface area contributed by atoms with E-state index in [0.717, 1.165) is 57.0 Å². The molecule has 1 aliphatic heterocycles. The van der Waals surface area contributed by atoms with Crippen molar-refractivity contribution in [2.75, 3.05) is 44.8 Å². The van der Waals surface area contributed by atoms with Gasteiger partial charge in [0.05, 0.1) is 7.11 Å². The normalized spacial score (nSPS) is 17.2. The molecule has 0 amide bonds. The smallest absolute Gasteiger partial charge is 0.120 e. The second kappa shape index (κ2) is 11.3. The standard InChI is InChI=1S/C31H38N2O3/c1-3-33(22-23-5-11-28(12-6-23)36-18-17-32-15-4-16-32)31-21-29(35-2)13-14-30(31)26-8-7-25-20-27(34)10-9-24(25)19-26/h5-6,9-14,20-21,26,34H,3-4,7-8,15-19,22H2,1-2H3/t26-/m0/s1. The highest BCUT2D eigenvalue weighted by atomic mass is 16.5. The van der Waals surface area contributed by atoms with Crippen LogP contribution in [0.1, 0.15) is 47.9 Å². The molecule has 3 aromatic rings. The molecule has 5 nitrogen and oxygen atoms in total. The Balaban J connectivity index is 1.31. The molecule has 5 rings (SSSR count). The number of nitrogens with zero attached hydrogens (tertiary/aromatic N) is 2. The molecule has 0 bridgehead atoms. The molecule has 0 unspecified atom stereocenters. The van der Waals surface area contributed by atoms with Crippen LogP contribution in [-0.4, -0.2) is 49.9 Å². The van der Waals surface area contributed by atoms with Gasteiger partial charge in [-0.05, 0) is 104 Å². The number of phenolic OH excluding ortho intramolecular Hbond substituents is 1. The molecular formula is C31H38N2O3. The highest BCUT2D eigenvalue weighted by Gasteiger charge is 2.24. The average molecular weight is 487 g/mol. The van der Waals surface area contributed by atoms with Gasteiger partial charge in [0.15, 0.2) is 0 Å². The van der Waals surface area contributed by atoms with Crippen LogP contribution in [0, 0.1) is 0 Å². The third-order valence-corrected chi connectivity index (χ3v) is 7.74. The molecule has 0 radical (unpaired) electrons. The van der Waals surface area contributed by atoms with Gasteiger partial charge in [-0.2, -0.15) is 0 Å². The minimum Gasteiger partial charge on any atom is -0.508 e. The van der Waals surface area contributed by atoms with Crippen molar-refractivity contribution in [1.29, 1.82) is 0 Å². The summed E-state index contributed by atoms with van der Waals surface area (Å²) in [6.45, 7) is 8.13. The van der Waals surface area contributed by atoms with Gasteiger partial charge in [0, 0.05) is 31.4 Å². The number of rotatable bonds is 10. The van der Waals surface area contributed by atoms with Crippen molar-refractivity contribution in [2.24, 2.45) is 0 Å². The number of fused-ring (bicyclic) bond motifs is 1. The summed E-state index contributed by atoms with van der Waals surface area (Å²) < 4.78 is 11.6. The number of likely N-dealkylation sites (tertiary alicyclic amines) is 1. The second-order valence-electron chi connectivity index (χ2n) is 10.0. The van der Waals surface area contributed by atoms with Crippen molar-refractivity contribution in [3.8, 4) is 17.2 Å². The third-order valence-electron chi connectivity index (χ3n) is 7.74. The zero-order chi connectivity index (χ0) is 24.9. The number of anilines is 1. The summed E-state index contributed by atoms with van der Waals surface area (Å²) in [7, 11) is 1.74. The zero-order valence-electron chi connectivity index (χ0n) is 21.6. The van der Waals surface area contributed by atoms with Gasteiger partial charge < -0.3 is 19.5 Å². The van der Waals surface area contributed by atoms with E-state index in [2.05, 4.69) is 65.3 Å². The first-order valence-corrected chi connectivity index (χ1v) is 13.3. The van der Waals surface area contributed by atoms with Crippen molar-refractivity contribution in [1.82, 2.24) is 4.90 Å². The van der Waals surface area contributed by atoms with Crippen molar-refractivity contribution in [3.05, 3.63) is 82.9 Å². The molecule has 2 aliphatic rings. The SMILES string of the molecule is CCN(Cc1ccc(OCCN2CCC2)cc1)c1cc(OC)ccc1[C@H]1CCc2cc(O)ccc2C1. The maximum atomic E-state index is 9.88. The van der Waals surface area contributed by atoms with E-state index >= 15 is 0 Å². The molecular weight excluding hydrogens is 448 g/mol. The summed E-state index contributed by atoms with van der Waals surface area (Å²) in [4.78, 5) is 4.87. The number of aryl methyl sites for hydroxylation is 1. The summed E-state index contributed by atoms with van der Waals surface area (Å²) >= 11 is 0. The van der Waals surface area contributed by atoms with E-state index in [1.807, 2.05) is 12.1 Å². The fraction of sp³-hybridized carbons (Fsp3) is 0.419. The van der Waals surface area contributed by atoms with Crippen LogP contribution in [0.25, 0.3) is 0 Å². The quantitative estimate of drug-likeness (QED) is 0.393. The Kier molecular flexibility index (Phi) is 7.66. The number of methoxy groups -OCH3 is 1. The predicted octanol–water partition coefficient (Wildman–Crippen LogP) is 5.78. The highest BCUT2D eigenvalue weighted by Crippen LogP contribution is 2.40. The Morgan fingerprint density at radius 2 is 1.78 bits per heavy atom. The monoisotopic (exact) mass is 486 g/mol. The lowest BCUT2D eigenvalue weighted by atomic mass is 9.79. The van der Waals surface area contributed by atoms with E-state index < -0.39 is 0 Å². The summed E-state index contributed by atoms with van der Waals surface area (Å²) in [6.07, 6.45) is 4.38. The molecule has 0 saturated carbocycles. The van der Waals surface area contributed by atoms with Crippen molar-refractivity contribution in [3.63, 3.8) is 0 Å². The molecule has 0 spiro atoms. The van der Waals surface area contributed by atoms with Gasteiger partial charge in [0.25, 0.3) is 0 Å². The van der Waals surface area contributed by atoms with Gasteiger partial charge in [-0.15, -0.1) is 0 Å². The minimum absolute atomic E-state index is 0.363. The van der Waals surface area contributed by atoms with E-state index in [4.69, 9.17) is 9.47 Å². The number of benzene rings is 3. The zero-order valence-corrected chi connectivity index (χ0v) is 21.6. The molecule has 1 atom stereocenters. The van der Waals surface area contributed by atoms with Crippen LogP contribution in [0.15, 0.2) is 60.7 Å². The fourth-order valence-electron chi connectivity index (χ4n) is 5.45. The summed E-state index contributed by atoms with van der Waals surface area (Å²) in [5, 5.41) is 9.88. The van der Waals surface area contributed by atoms with E-state index in [1.165, 1.54) is 47.5 Å². The first kappa shape index (κ1) is 24.5. The Bertz CT molecular complexity index is 1160. The molecule has 36 heavy (non-hydrogen) atoms. The topological polar surface area (TPSA) is 45.2 Å². The van der Waals surface area contributed by atoms with Gasteiger partial charge in [-0.1, -0.05) is 24.3 Å². The lowest BCUT2D eigenvalue weighted by Crippen LogP contribution is -2.39. The fourth-order valence-corrected chi connectivity index (χ4v) is 5.45. The molecule has 1 fully saturated rings. The van der Waals surface area contributed by atoms with Crippen molar-refractivity contribution in [2.45, 2.75) is 45.1 Å². The molecule has 1 aliphatic carbocycles. The van der Waals surface area contributed by atoms with Gasteiger partial charge in [0.1, 0.15) is 23.9 Å². The molecule has 3 aromatic carbocycles. The second-order valence-corrected chi connectivity index (χ2v) is 10.0. The van der Waals surface area contributed by atoms with Gasteiger partial charge >= 0.3 is 0 Å². The third kappa shape index (κ3) is 5.62. The van der Waals surface area contributed by atoms with Crippen LogP contribution >= 0.6 is 0 Å². The summed E-state index contributed by atoms with van der Waals surface area (Å²) in [6, 6.07) is 20.9. The van der Waals surface area contributed by atoms with Gasteiger partial charge in [-0.25, -0.2) is 0 Å². The highest BCUT2D eigenvalue weighted by molar-refractivity contribution is 5.60. The Morgan fingerprint density at radius 3 is 2.50 bits per heavy atom. The van der Waals surface area contributed by atoms with E-state index in [0.29, 0.717) is 11.7 Å². The summed E-state index contributed by atoms with van der Waals surface area (Å²) in [5.74, 6) is 2.64. The molecule has 190 valence electrons. The Labute approximate surface area is 215 Å². The van der Waals surface area contributed by atoms with E-state index in [9.17, 15) is 5.11 Å². The van der Waals surface area contributed by atoms with Crippen LogP contribution < -0.4 is 14.4 Å². The predicted molar refractivity (Wildman–Crippen MR) is 146 cm³/mol. The maximum Gasteiger partial charge on any atom is 0.120 e. The number of hydrogen-bond acceptors (Lipinski definition) is 5. The van der Waals surface area contributed by atoms with Gasteiger partial charge in [0.2, 0.25) is 0 Å². The van der Waals surface area contributed by atoms with E-state index in [1.54, 1.807) is 7.11 Å². The van der Waals surface area contributed by atoms with Crippen LogP contribution in [0.4, 0.5) is 5.69 Å². The van der Waals surface area contributed by atoms with Crippen molar-refractivity contribution < 1.29 is 14.6 Å². The lowest BCUT2D eigenvalue weighted by molar-refractivity contribution is 0.147.